The van der Waals surface area contributed by atoms with Crippen LogP contribution in [0.1, 0.15) is 49.9 Å². The zero-order chi connectivity index (χ0) is 31.0. The minimum atomic E-state index is -1.07. The van der Waals surface area contributed by atoms with Crippen LogP contribution in [-0.2, 0) is 38.6 Å². The number of ether oxygens (including phenoxy) is 1. The highest BCUT2D eigenvalue weighted by Crippen LogP contribution is 2.13. The van der Waals surface area contributed by atoms with E-state index in [9.17, 15) is 24.3 Å². The summed E-state index contributed by atoms with van der Waals surface area (Å²) in [5, 5.41) is 19.0. The summed E-state index contributed by atoms with van der Waals surface area (Å²) < 4.78 is 5.36. The number of imidazole rings is 1. The molecule has 0 aliphatic heterocycles. The summed E-state index contributed by atoms with van der Waals surface area (Å²) in [4.78, 5) is 57.9. The van der Waals surface area contributed by atoms with Crippen molar-refractivity contribution in [2.75, 3.05) is 0 Å². The molecule has 0 spiro atoms. The number of hydrogen-bond acceptors (Lipinski definition) is 7. The van der Waals surface area contributed by atoms with Gasteiger partial charge in [-0.05, 0) is 29.9 Å². The maximum Gasteiger partial charge on any atom is 0.408 e. The standard InChI is InChI=1S/C32H41N5O6/c1-22(2)16-26(29(39)14-9-15-38)35-31(41)28(18-25-19-33-21-34-25)36-30(40)27(17-23-10-5-3-6-11-23)37-32(42)43-20-24-12-7-4-8-13-24/h3-8,10-13,15,19,21-22,26-29,39H,9,14,16-18,20H2,1-2H3,(H,33,34)(H,35,41)(H,36,40)(H,37,42)/t26-,27-,28-,29?/m0/s1. The van der Waals surface area contributed by atoms with Crippen LogP contribution in [0, 0.1) is 5.92 Å². The Balaban J connectivity index is 1.77. The lowest BCUT2D eigenvalue weighted by atomic mass is 9.96. The normalized spacial score (nSPS) is 13.8. The Kier molecular flexibility index (Phi) is 13.4. The molecule has 11 nitrogen and oxygen atoms in total. The van der Waals surface area contributed by atoms with Gasteiger partial charge in [-0.1, -0.05) is 74.5 Å². The van der Waals surface area contributed by atoms with E-state index >= 15 is 0 Å². The number of alkyl carbamates (subject to hydrolysis) is 1. The van der Waals surface area contributed by atoms with Gasteiger partial charge >= 0.3 is 6.09 Å². The summed E-state index contributed by atoms with van der Waals surface area (Å²) in [6, 6.07) is 15.6. The molecule has 1 unspecified atom stereocenters. The zero-order valence-corrected chi connectivity index (χ0v) is 24.6. The average molecular weight is 592 g/mol. The molecule has 0 saturated carbocycles. The molecule has 2 aromatic carbocycles. The van der Waals surface area contributed by atoms with E-state index in [4.69, 9.17) is 4.74 Å². The quantitative estimate of drug-likeness (QED) is 0.151. The van der Waals surface area contributed by atoms with Crippen molar-refractivity contribution in [3.63, 3.8) is 0 Å². The van der Waals surface area contributed by atoms with E-state index in [0.29, 0.717) is 12.1 Å². The van der Waals surface area contributed by atoms with Gasteiger partial charge in [0.05, 0.1) is 24.2 Å². The molecule has 0 aliphatic carbocycles. The number of carbonyl (C=O) groups excluding carboxylic acids is 4. The largest absolute Gasteiger partial charge is 0.445 e. The van der Waals surface area contributed by atoms with Crippen molar-refractivity contribution >= 4 is 24.2 Å². The second-order valence-electron chi connectivity index (χ2n) is 10.8. The molecule has 4 atom stereocenters. The third-order valence-corrected chi connectivity index (χ3v) is 6.80. The summed E-state index contributed by atoms with van der Waals surface area (Å²) in [5.41, 5.74) is 2.13. The molecule has 0 saturated heterocycles. The lowest BCUT2D eigenvalue weighted by molar-refractivity contribution is -0.131. The van der Waals surface area contributed by atoms with Crippen LogP contribution < -0.4 is 16.0 Å². The summed E-state index contributed by atoms with van der Waals surface area (Å²) in [6.45, 7) is 3.96. The topological polar surface area (TPSA) is 163 Å². The third kappa shape index (κ3) is 11.7. The van der Waals surface area contributed by atoms with Gasteiger partial charge in [-0.2, -0.15) is 0 Å². The van der Waals surface area contributed by atoms with E-state index in [0.717, 1.165) is 17.4 Å². The number of aldehydes is 1. The maximum absolute atomic E-state index is 13.7. The van der Waals surface area contributed by atoms with Gasteiger partial charge in [0.15, 0.2) is 0 Å². The number of rotatable bonds is 17. The van der Waals surface area contributed by atoms with Crippen molar-refractivity contribution in [2.24, 2.45) is 5.92 Å². The lowest BCUT2D eigenvalue weighted by Crippen LogP contribution is -2.57. The Morgan fingerprint density at radius 3 is 2.14 bits per heavy atom. The van der Waals surface area contributed by atoms with E-state index in [1.54, 1.807) is 6.20 Å². The fraction of sp³-hybridized carbons (Fsp3) is 0.406. The van der Waals surface area contributed by atoms with Gasteiger partial charge in [0.25, 0.3) is 0 Å². The van der Waals surface area contributed by atoms with Crippen LogP contribution in [0.2, 0.25) is 0 Å². The Morgan fingerprint density at radius 1 is 0.907 bits per heavy atom. The monoisotopic (exact) mass is 591 g/mol. The second-order valence-corrected chi connectivity index (χ2v) is 10.8. The molecule has 0 bridgehead atoms. The van der Waals surface area contributed by atoms with Crippen molar-refractivity contribution in [2.45, 2.75) is 76.8 Å². The Bertz CT molecular complexity index is 1270. The fourth-order valence-electron chi connectivity index (χ4n) is 4.60. The van der Waals surface area contributed by atoms with Gasteiger partial charge in [0.1, 0.15) is 25.0 Å². The molecule has 0 radical (unpaired) electrons. The van der Waals surface area contributed by atoms with Crippen LogP contribution in [0.15, 0.2) is 73.2 Å². The first-order valence-corrected chi connectivity index (χ1v) is 14.5. The van der Waals surface area contributed by atoms with E-state index in [1.807, 2.05) is 74.5 Å². The highest BCUT2D eigenvalue weighted by molar-refractivity contribution is 5.91. The maximum atomic E-state index is 13.7. The van der Waals surface area contributed by atoms with Gasteiger partial charge in [0, 0.05) is 25.5 Å². The van der Waals surface area contributed by atoms with Crippen LogP contribution in [0.3, 0.4) is 0 Å². The zero-order valence-electron chi connectivity index (χ0n) is 24.6. The number of nitrogens with one attached hydrogen (secondary N) is 4. The van der Waals surface area contributed by atoms with Gasteiger partial charge < -0.3 is 35.6 Å². The van der Waals surface area contributed by atoms with E-state index in [-0.39, 0.29) is 38.2 Å². The summed E-state index contributed by atoms with van der Waals surface area (Å²) in [7, 11) is 0. The third-order valence-electron chi connectivity index (χ3n) is 6.80. The van der Waals surface area contributed by atoms with Crippen LogP contribution in [0.5, 0.6) is 0 Å². The molecule has 11 heteroatoms. The van der Waals surface area contributed by atoms with Gasteiger partial charge in [0.2, 0.25) is 11.8 Å². The second kappa shape index (κ2) is 17.4. The van der Waals surface area contributed by atoms with Crippen molar-refractivity contribution in [3.05, 3.63) is 90.0 Å². The van der Waals surface area contributed by atoms with E-state index in [1.165, 1.54) is 6.33 Å². The van der Waals surface area contributed by atoms with E-state index < -0.39 is 42.1 Å². The van der Waals surface area contributed by atoms with Crippen molar-refractivity contribution in [1.29, 1.82) is 0 Å². The number of aromatic amines is 1. The number of H-pyrrole nitrogens is 1. The molecule has 1 heterocycles. The molecule has 230 valence electrons. The highest BCUT2D eigenvalue weighted by atomic mass is 16.5. The Hall–Kier alpha value is -4.51. The average Bonchev–Trinajstić information content (AvgIpc) is 3.52. The first kappa shape index (κ1) is 33.0. The molecule has 0 aliphatic rings. The SMILES string of the molecule is CC(C)C[C@H](NC(=O)[C@H](Cc1c[nH]cn1)NC(=O)[C@H](Cc1ccccc1)NC(=O)OCc1ccccc1)C(O)CCC=O. The first-order chi connectivity index (χ1) is 20.7. The number of aliphatic hydroxyl groups excluding tert-OH is 1. The molecule has 1 aromatic heterocycles. The number of aromatic nitrogens is 2. The molecular formula is C32H41N5O6. The number of carbonyl (C=O) groups is 4. The van der Waals surface area contributed by atoms with Gasteiger partial charge in [-0.15, -0.1) is 0 Å². The lowest BCUT2D eigenvalue weighted by Gasteiger charge is -2.28. The predicted octanol–water partition coefficient (Wildman–Crippen LogP) is 2.85. The number of aliphatic hydroxyl groups is 1. The first-order valence-electron chi connectivity index (χ1n) is 14.5. The van der Waals surface area contributed by atoms with Crippen LogP contribution >= 0.6 is 0 Å². The summed E-state index contributed by atoms with van der Waals surface area (Å²) >= 11 is 0. The van der Waals surface area contributed by atoms with Crippen LogP contribution in [0.25, 0.3) is 0 Å². The molecule has 43 heavy (non-hydrogen) atoms. The molecule has 3 amide bonds. The Labute approximate surface area is 251 Å². The Morgan fingerprint density at radius 2 is 1.53 bits per heavy atom. The van der Waals surface area contributed by atoms with Gasteiger partial charge in [-0.3, -0.25) is 9.59 Å². The van der Waals surface area contributed by atoms with Gasteiger partial charge in [-0.25, -0.2) is 9.78 Å². The number of benzene rings is 2. The number of nitrogens with zero attached hydrogens (tertiary/aromatic N) is 1. The molecule has 3 rings (SSSR count). The predicted molar refractivity (Wildman–Crippen MR) is 161 cm³/mol. The smallest absolute Gasteiger partial charge is 0.408 e. The number of amides is 3. The highest BCUT2D eigenvalue weighted by Gasteiger charge is 2.31. The molecule has 0 fully saturated rings. The van der Waals surface area contributed by atoms with Crippen LogP contribution in [-0.4, -0.2) is 63.5 Å². The molecular weight excluding hydrogens is 550 g/mol. The summed E-state index contributed by atoms with van der Waals surface area (Å²) in [5.74, 6) is -0.952. The number of hydrogen-bond donors (Lipinski definition) is 5. The van der Waals surface area contributed by atoms with E-state index in [2.05, 4.69) is 25.9 Å². The minimum Gasteiger partial charge on any atom is -0.445 e. The molecule has 3 aromatic rings. The van der Waals surface area contributed by atoms with Crippen molar-refractivity contribution in [1.82, 2.24) is 25.9 Å². The molecule has 5 N–H and O–H groups in total. The minimum absolute atomic E-state index is 0.0280. The fourth-order valence-corrected chi connectivity index (χ4v) is 4.60. The van der Waals surface area contributed by atoms with Crippen molar-refractivity contribution < 1.29 is 29.0 Å². The van der Waals surface area contributed by atoms with Crippen LogP contribution in [0.4, 0.5) is 4.79 Å². The summed E-state index contributed by atoms with van der Waals surface area (Å²) in [6.07, 6.45) is 3.16. The van der Waals surface area contributed by atoms with Crippen molar-refractivity contribution in [3.8, 4) is 0 Å².